The Kier molecular flexibility index (Phi) is 7.67. The molecule has 0 aliphatic rings. The molecule has 0 fully saturated rings. The van der Waals surface area contributed by atoms with Crippen molar-refractivity contribution in [2.75, 3.05) is 6.61 Å². The van der Waals surface area contributed by atoms with Crippen molar-refractivity contribution in [1.29, 1.82) is 0 Å². The van der Waals surface area contributed by atoms with Crippen molar-refractivity contribution >= 4 is 11.6 Å². The molecule has 1 aromatic heterocycles. The number of phenolic OH excluding ortho intramolecular Hbond substituents is 1. The van der Waals surface area contributed by atoms with Crippen LogP contribution in [-0.2, 0) is 0 Å². The normalized spacial score (nSPS) is 15.2. The Hall–Kier alpha value is -2.54. The summed E-state index contributed by atoms with van der Waals surface area (Å²) in [6.07, 6.45) is 3.49. The number of phenols is 1. The highest BCUT2D eigenvalue weighted by atomic mass is 19.1. The minimum atomic E-state index is -1.09. The van der Waals surface area contributed by atoms with E-state index in [1.54, 1.807) is 24.4 Å². The van der Waals surface area contributed by atoms with E-state index in [1.807, 2.05) is 12.1 Å². The fourth-order valence-electron chi connectivity index (χ4n) is 2.83. The molecular weight excluding hydrogens is 349 g/mol. The SMILES string of the molecule is C=C[C@@H]([C@H](O)CO)[C@H](O)CC/C(=C/c1ccc(O)c(F)c1)c1ccccn1. The molecule has 2 rings (SSSR count). The summed E-state index contributed by atoms with van der Waals surface area (Å²) in [7, 11) is 0. The van der Waals surface area contributed by atoms with Crippen LogP contribution in [0.2, 0.25) is 0 Å². The van der Waals surface area contributed by atoms with Crippen molar-refractivity contribution in [3.05, 3.63) is 72.3 Å². The third kappa shape index (κ3) is 5.72. The third-order valence-corrected chi connectivity index (χ3v) is 4.36. The fraction of sp³-hybridized carbons (Fsp3) is 0.286. The Morgan fingerprint density at radius 3 is 2.56 bits per heavy atom. The van der Waals surface area contributed by atoms with Gasteiger partial charge in [0.1, 0.15) is 0 Å². The predicted octanol–water partition coefficient (Wildman–Crippen LogP) is 2.76. The van der Waals surface area contributed by atoms with Gasteiger partial charge >= 0.3 is 0 Å². The lowest BCUT2D eigenvalue weighted by Gasteiger charge is -2.23. The van der Waals surface area contributed by atoms with Gasteiger partial charge in [0.2, 0.25) is 0 Å². The van der Waals surface area contributed by atoms with E-state index in [1.165, 1.54) is 18.2 Å². The van der Waals surface area contributed by atoms with Gasteiger partial charge in [0.25, 0.3) is 0 Å². The van der Waals surface area contributed by atoms with E-state index in [0.29, 0.717) is 17.7 Å². The molecule has 0 spiro atoms. The van der Waals surface area contributed by atoms with Gasteiger partial charge < -0.3 is 20.4 Å². The minimum Gasteiger partial charge on any atom is -0.505 e. The monoisotopic (exact) mass is 373 g/mol. The molecule has 1 heterocycles. The lowest BCUT2D eigenvalue weighted by Crippen LogP contribution is -2.32. The molecule has 27 heavy (non-hydrogen) atoms. The molecule has 1 aromatic carbocycles. The second-order valence-corrected chi connectivity index (χ2v) is 6.26. The number of aliphatic hydroxyl groups excluding tert-OH is 3. The molecule has 0 aliphatic carbocycles. The molecule has 5 nitrogen and oxygen atoms in total. The quantitative estimate of drug-likeness (QED) is 0.507. The smallest absolute Gasteiger partial charge is 0.165 e. The van der Waals surface area contributed by atoms with Crippen LogP contribution in [0.25, 0.3) is 11.6 Å². The summed E-state index contributed by atoms with van der Waals surface area (Å²) in [6, 6.07) is 9.49. The van der Waals surface area contributed by atoms with Crippen molar-refractivity contribution in [3.63, 3.8) is 0 Å². The molecule has 0 radical (unpaired) electrons. The average Bonchev–Trinajstić information content (AvgIpc) is 2.68. The first-order chi connectivity index (χ1) is 13.0. The summed E-state index contributed by atoms with van der Waals surface area (Å²) in [5, 5.41) is 38.6. The van der Waals surface area contributed by atoms with Gasteiger partial charge in [0.05, 0.1) is 24.5 Å². The molecule has 0 saturated heterocycles. The van der Waals surface area contributed by atoms with E-state index >= 15 is 0 Å². The highest BCUT2D eigenvalue weighted by molar-refractivity contribution is 5.80. The molecule has 0 unspecified atom stereocenters. The largest absolute Gasteiger partial charge is 0.505 e. The number of halogens is 1. The van der Waals surface area contributed by atoms with E-state index in [9.17, 15) is 19.7 Å². The Balaban J connectivity index is 2.24. The van der Waals surface area contributed by atoms with Gasteiger partial charge in [-0.2, -0.15) is 0 Å². The van der Waals surface area contributed by atoms with Crippen LogP contribution in [0, 0.1) is 11.7 Å². The van der Waals surface area contributed by atoms with E-state index in [4.69, 9.17) is 5.11 Å². The summed E-state index contributed by atoms with van der Waals surface area (Å²) in [5.41, 5.74) is 1.99. The lowest BCUT2D eigenvalue weighted by atomic mass is 9.91. The number of hydrogen-bond donors (Lipinski definition) is 4. The molecule has 2 aromatic rings. The van der Waals surface area contributed by atoms with E-state index in [2.05, 4.69) is 11.6 Å². The molecular formula is C21H24FNO4. The first kappa shape index (κ1) is 20.8. The Labute approximate surface area is 157 Å². The first-order valence-corrected chi connectivity index (χ1v) is 8.66. The van der Waals surface area contributed by atoms with E-state index in [-0.39, 0.29) is 6.42 Å². The zero-order valence-electron chi connectivity index (χ0n) is 14.9. The topological polar surface area (TPSA) is 93.8 Å². The Bertz CT molecular complexity index is 779. The molecule has 3 atom stereocenters. The van der Waals surface area contributed by atoms with Crippen molar-refractivity contribution in [3.8, 4) is 5.75 Å². The average molecular weight is 373 g/mol. The van der Waals surface area contributed by atoms with Crippen LogP contribution in [-0.4, -0.2) is 44.2 Å². The molecule has 0 aliphatic heterocycles. The summed E-state index contributed by atoms with van der Waals surface area (Å²) >= 11 is 0. The maximum Gasteiger partial charge on any atom is 0.165 e. The maximum absolute atomic E-state index is 13.6. The lowest BCUT2D eigenvalue weighted by molar-refractivity contribution is 0.00256. The number of aromatic hydroxyl groups is 1. The van der Waals surface area contributed by atoms with E-state index < -0.39 is 36.3 Å². The first-order valence-electron chi connectivity index (χ1n) is 8.66. The number of allylic oxidation sites excluding steroid dienone is 1. The van der Waals surface area contributed by atoms with Crippen LogP contribution >= 0.6 is 0 Å². The highest BCUT2D eigenvalue weighted by Crippen LogP contribution is 2.26. The number of benzene rings is 1. The van der Waals surface area contributed by atoms with Crippen molar-refractivity contribution in [2.24, 2.45) is 5.92 Å². The second-order valence-electron chi connectivity index (χ2n) is 6.26. The maximum atomic E-state index is 13.6. The van der Waals surface area contributed by atoms with Crippen LogP contribution in [0.15, 0.2) is 55.3 Å². The van der Waals surface area contributed by atoms with E-state index in [0.717, 1.165) is 5.57 Å². The van der Waals surface area contributed by atoms with Crippen LogP contribution < -0.4 is 0 Å². The molecule has 0 bridgehead atoms. The van der Waals surface area contributed by atoms with Crippen LogP contribution in [0.3, 0.4) is 0 Å². The Morgan fingerprint density at radius 1 is 1.19 bits per heavy atom. The minimum absolute atomic E-state index is 0.288. The molecule has 4 N–H and O–H groups in total. The summed E-state index contributed by atoms with van der Waals surface area (Å²) in [6.45, 7) is 3.13. The summed E-state index contributed by atoms with van der Waals surface area (Å²) < 4.78 is 13.6. The summed E-state index contributed by atoms with van der Waals surface area (Å²) in [5.74, 6) is -1.80. The Morgan fingerprint density at radius 2 is 1.96 bits per heavy atom. The number of hydrogen-bond acceptors (Lipinski definition) is 5. The second kappa shape index (κ2) is 9.97. The van der Waals surface area contributed by atoms with Crippen molar-refractivity contribution in [2.45, 2.75) is 25.0 Å². The van der Waals surface area contributed by atoms with Crippen molar-refractivity contribution in [1.82, 2.24) is 4.98 Å². The fourth-order valence-corrected chi connectivity index (χ4v) is 2.83. The van der Waals surface area contributed by atoms with Gasteiger partial charge in [-0.15, -0.1) is 6.58 Å². The zero-order valence-corrected chi connectivity index (χ0v) is 14.9. The van der Waals surface area contributed by atoms with Gasteiger partial charge in [-0.3, -0.25) is 4.98 Å². The third-order valence-electron chi connectivity index (χ3n) is 4.36. The van der Waals surface area contributed by atoms with Crippen LogP contribution in [0.5, 0.6) is 5.75 Å². The summed E-state index contributed by atoms with van der Waals surface area (Å²) in [4.78, 5) is 4.31. The number of aliphatic hydroxyl groups is 3. The number of pyridine rings is 1. The number of nitrogens with zero attached hydrogens (tertiary/aromatic N) is 1. The van der Waals surface area contributed by atoms with Gasteiger partial charge in [0, 0.05) is 12.1 Å². The van der Waals surface area contributed by atoms with Crippen molar-refractivity contribution < 1.29 is 24.8 Å². The highest BCUT2D eigenvalue weighted by Gasteiger charge is 2.23. The molecule has 6 heteroatoms. The van der Waals surface area contributed by atoms with Crippen LogP contribution in [0.4, 0.5) is 4.39 Å². The van der Waals surface area contributed by atoms with Crippen LogP contribution in [0.1, 0.15) is 24.1 Å². The molecule has 144 valence electrons. The van der Waals surface area contributed by atoms with Gasteiger partial charge in [-0.05, 0) is 54.3 Å². The predicted molar refractivity (Wildman–Crippen MR) is 102 cm³/mol. The molecule has 0 amide bonds. The van der Waals surface area contributed by atoms with Gasteiger partial charge in [-0.1, -0.05) is 18.2 Å². The van der Waals surface area contributed by atoms with Gasteiger partial charge in [0.15, 0.2) is 11.6 Å². The van der Waals surface area contributed by atoms with Gasteiger partial charge in [-0.25, -0.2) is 4.39 Å². The zero-order chi connectivity index (χ0) is 19.8. The number of aromatic nitrogens is 1. The molecule has 0 saturated carbocycles. The number of rotatable bonds is 9. The standard InChI is InChI=1S/C21H24FNO4/c1-2-16(21(27)13-24)19(25)9-7-15(18-5-3-4-10-23-18)11-14-6-8-20(26)17(22)12-14/h2-6,8,10-12,16,19,21,24-27H,1,7,9,13H2/b15-11-/t16-,19-,21-/m1/s1.